The van der Waals surface area contributed by atoms with Crippen molar-refractivity contribution < 1.29 is 4.79 Å². The highest BCUT2D eigenvalue weighted by Crippen LogP contribution is 2.48. The van der Waals surface area contributed by atoms with Crippen LogP contribution < -0.4 is 5.32 Å². The van der Waals surface area contributed by atoms with Crippen LogP contribution in [-0.2, 0) is 28.7 Å². The fourth-order valence-corrected chi connectivity index (χ4v) is 7.48. The van der Waals surface area contributed by atoms with Gasteiger partial charge in [-0.3, -0.25) is 19.3 Å². The number of hydrogen-bond donors (Lipinski definition) is 1. The number of aryl methyl sites for hydroxylation is 1. The number of rotatable bonds is 4. The molecule has 9 heteroatoms. The average Bonchev–Trinajstić information content (AvgIpc) is 3.23. The smallest absolute Gasteiger partial charge is 0.224 e. The zero-order valence-electron chi connectivity index (χ0n) is 21.5. The molecule has 1 amide bonds. The second kappa shape index (κ2) is 8.32. The Kier molecular flexibility index (Phi) is 5.20. The second-order valence-electron chi connectivity index (χ2n) is 11.0. The summed E-state index contributed by atoms with van der Waals surface area (Å²) < 4.78 is 2.14. The van der Waals surface area contributed by atoms with E-state index < -0.39 is 5.54 Å². The van der Waals surface area contributed by atoms with Crippen LogP contribution in [0, 0.1) is 12.8 Å². The lowest BCUT2D eigenvalue weighted by Gasteiger charge is -2.20. The fourth-order valence-electron chi connectivity index (χ4n) is 5.80. The van der Waals surface area contributed by atoms with Crippen LogP contribution in [0.2, 0.25) is 5.02 Å². The normalized spacial score (nSPS) is 20.1. The van der Waals surface area contributed by atoms with Crippen molar-refractivity contribution in [3.63, 3.8) is 0 Å². The number of hydrogen-bond acceptors (Lipinski definition) is 6. The monoisotopic (exact) mass is 542 g/mol. The van der Waals surface area contributed by atoms with Gasteiger partial charge in [0.1, 0.15) is 16.4 Å². The molecule has 1 fully saturated rings. The van der Waals surface area contributed by atoms with Gasteiger partial charge in [-0.05, 0) is 70.2 Å². The summed E-state index contributed by atoms with van der Waals surface area (Å²) in [5.74, 6) is 1.59. The fraction of sp³-hybridized carbons (Fsp3) is 0.345. The predicted octanol–water partition coefficient (Wildman–Crippen LogP) is 5.29. The maximum Gasteiger partial charge on any atom is 0.224 e. The van der Waals surface area contributed by atoms with Gasteiger partial charge in [0, 0.05) is 33.1 Å². The first kappa shape index (κ1) is 23.7. The van der Waals surface area contributed by atoms with Crippen LogP contribution in [0.25, 0.3) is 5.00 Å². The van der Waals surface area contributed by atoms with Gasteiger partial charge in [-0.25, -0.2) is 0 Å². The third-order valence-electron chi connectivity index (χ3n) is 7.93. The maximum absolute atomic E-state index is 13.6. The predicted molar refractivity (Wildman–Crippen MR) is 148 cm³/mol. The van der Waals surface area contributed by atoms with Gasteiger partial charge in [-0.2, -0.15) is 0 Å². The maximum atomic E-state index is 13.6. The van der Waals surface area contributed by atoms with Crippen molar-refractivity contribution >= 4 is 34.6 Å². The summed E-state index contributed by atoms with van der Waals surface area (Å²) >= 11 is 8.46. The van der Waals surface area contributed by atoms with E-state index in [1.807, 2.05) is 49.4 Å². The molecule has 3 aromatic heterocycles. The molecule has 0 spiro atoms. The highest BCUT2D eigenvalue weighted by atomic mass is 35.5. The molecule has 1 atom stereocenters. The van der Waals surface area contributed by atoms with Gasteiger partial charge in [0.05, 0.1) is 16.9 Å². The number of benzene rings is 1. The Labute approximate surface area is 230 Å². The molecular weight excluding hydrogens is 516 g/mol. The van der Waals surface area contributed by atoms with E-state index in [0.717, 1.165) is 52.0 Å². The number of carbonyl (C=O) groups is 1. The number of nitrogens with one attached hydrogen (secondary N) is 1. The zero-order chi connectivity index (χ0) is 26.2. The number of amides is 1. The van der Waals surface area contributed by atoms with Gasteiger partial charge in [0.15, 0.2) is 5.82 Å². The third kappa shape index (κ3) is 3.57. The van der Waals surface area contributed by atoms with Crippen molar-refractivity contribution in [2.45, 2.75) is 57.5 Å². The van der Waals surface area contributed by atoms with Crippen molar-refractivity contribution in [3.8, 4) is 5.00 Å². The van der Waals surface area contributed by atoms with Crippen LogP contribution in [0.15, 0.2) is 53.7 Å². The van der Waals surface area contributed by atoms with Crippen LogP contribution in [-0.4, -0.2) is 31.4 Å². The molecule has 38 heavy (non-hydrogen) atoms. The highest BCUT2D eigenvalue weighted by Gasteiger charge is 2.49. The van der Waals surface area contributed by atoms with Crippen molar-refractivity contribution in [1.29, 1.82) is 0 Å². The van der Waals surface area contributed by atoms with Crippen LogP contribution in [0.1, 0.15) is 65.6 Å². The summed E-state index contributed by atoms with van der Waals surface area (Å²) in [5.41, 5.74) is 3.98. The summed E-state index contributed by atoms with van der Waals surface area (Å²) in [6, 6.07) is 13.7. The highest BCUT2D eigenvalue weighted by molar-refractivity contribution is 7.15. The van der Waals surface area contributed by atoms with Gasteiger partial charge >= 0.3 is 0 Å². The van der Waals surface area contributed by atoms with E-state index in [1.54, 1.807) is 17.5 Å². The lowest BCUT2D eigenvalue weighted by atomic mass is 9.96. The zero-order valence-corrected chi connectivity index (χ0v) is 23.0. The standard InChI is InChI=1S/C29H27ClN6OS/c1-16-34-35-27-28(2,3)32-24(18-8-4-5-9-20(18)30)23-19-14-17(15-21(19)38-26(23)36(16)27)25(37)33-29(11-12-29)22-10-6-7-13-31-22/h4-10,13,17H,11-12,14-15H2,1-3H3,(H,33,37)/t17-/m0/s1. The molecule has 7 rings (SSSR count). The van der Waals surface area contributed by atoms with E-state index in [9.17, 15) is 4.79 Å². The van der Waals surface area contributed by atoms with E-state index >= 15 is 0 Å². The average molecular weight is 543 g/mol. The molecule has 4 aromatic rings. The Morgan fingerprint density at radius 2 is 1.89 bits per heavy atom. The SMILES string of the molecule is Cc1nnc2n1-c1sc3c(c1C(c1ccccc1Cl)=NC2(C)C)C[C@H](C(=O)NC1(c2ccccn2)CC1)C3. The molecule has 0 radical (unpaired) electrons. The first-order valence-electron chi connectivity index (χ1n) is 12.9. The van der Waals surface area contributed by atoms with E-state index in [0.29, 0.717) is 17.9 Å². The molecule has 1 aromatic carbocycles. The minimum Gasteiger partial charge on any atom is -0.345 e. The molecule has 192 valence electrons. The molecule has 1 N–H and O–H groups in total. The number of nitrogens with zero attached hydrogens (tertiary/aromatic N) is 5. The van der Waals surface area contributed by atoms with Gasteiger partial charge in [-0.15, -0.1) is 21.5 Å². The number of fused-ring (bicyclic) bond motifs is 5. The Morgan fingerprint density at radius 1 is 1.11 bits per heavy atom. The van der Waals surface area contributed by atoms with Crippen molar-refractivity contribution in [2.75, 3.05) is 0 Å². The van der Waals surface area contributed by atoms with Crippen molar-refractivity contribution in [3.05, 3.63) is 92.6 Å². The van der Waals surface area contributed by atoms with Crippen LogP contribution in [0.4, 0.5) is 0 Å². The Bertz CT molecular complexity index is 1630. The largest absolute Gasteiger partial charge is 0.345 e. The van der Waals surface area contributed by atoms with Gasteiger partial charge < -0.3 is 5.32 Å². The minimum atomic E-state index is -0.613. The topological polar surface area (TPSA) is 85.1 Å². The Balaban J connectivity index is 1.30. The first-order chi connectivity index (χ1) is 18.3. The van der Waals surface area contributed by atoms with Gasteiger partial charge in [0.25, 0.3) is 0 Å². The first-order valence-corrected chi connectivity index (χ1v) is 14.1. The number of aromatic nitrogens is 4. The molecule has 1 aliphatic heterocycles. The lowest BCUT2D eigenvalue weighted by Crippen LogP contribution is -2.39. The summed E-state index contributed by atoms with van der Waals surface area (Å²) in [4.78, 5) is 24.6. The molecule has 1 saturated carbocycles. The molecule has 0 unspecified atom stereocenters. The number of carbonyl (C=O) groups excluding carboxylic acids is 1. The number of pyridine rings is 1. The minimum absolute atomic E-state index is 0.0941. The lowest BCUT2D eigenvalue weighted by molar-refractivity contribution is -0.125. The molecule has 0 saturated heterocycles. The second-order valence-corrected chi connectivity index (χ2v) is 12.5. The van der Waals surface area contributed by atoms with Gasteiger partial charge in [-0.1, -0.05) is 35.9 Å². The van der Waals surface area contributed by atoms with E-state index in [2.05, 4.69) is 38.9 Å². The summed E-state index contributed by atoms with van der Waals surface area (Å²) in [6.45, 7) is 6.09. The van der Waals surface area contributed by atoms with Crippen LogP contribution in [0.5, 0.6) is 0 Å². The molecule has 2 aliphatic carbocycles. The molecule has 7 nitrogen and oxygen atoms in total. The van der Waals surface area contributed by atoms with Crippen molar-refractivity contribution in [2.24, 2.45) is 10.9 Å². The Hall–Kier alpha value is -3.36. The quantitative estimate of drug-likeness (QED) is 0.379. The van der Waals surface area contributed by atoms with E-state index in [1.165, 1.54) is 10.4 Å². The summed E-state index contributed by atoms with van der Waals surface area (Å²) in [5, 5.41) is 14.0. The summed E-state index contributed by atoms with van der Waals surface area (Å²) in [6.07, 6.45) is 5.00. The molecule has 0 bridgehead atoms. The van der Waals surface area contributed by atoms with Gasteiger partial charge in [0.2, 0.25) is 5.91 Å². The Morgan fingerprint density at radius 3 is 2.63 bits per heavy atom. The number of aliphatic imine (C=N–C) groups is 1. The number of halogens is 1. The summed E-state index contributed by atoms with van der Waals surface area (Å²) in [7, 11) is 0. The van der Waals surface area contributed by atoms with Crippen LogP contribution in [0.3, 0.4) is 0 Å². The van der Waals surface area contributed by atoms with E-state index in [4.69, 9.17) is 16.6 Å². The van der Waals surface area contributed by atoms with E-state index in [-0.39, 0.29) is 17.4 Å². The third-order valence-corrected chi connectivity index (χ3v) is 9.49. The van der Waals surface area contributed by atoms with Crippen molar-refractivity contribution in [1.82, 2.24) is 25.1 Å². The molecule has 3 aliphatic rings. The number of thiophene rings is 1. The molecule has 4 heterocycles. The molecular formula is C29H27ClN6OS. The van der Waals surface area contributed by atoms with Crippen LogP contribution >= 0.6 is 22.9 Å².